The number of aliphatic hydroxyl groups excluding tert-OH is 11. The number of rotatable bonds is 22. The van der Waals surface area contributed by atoms with Crippen molar-refractivity contribution in [1.29, 1.82) is 0 Å². The van der Waals surface area contributed by atoms with Crippen LogP contribution in [0.1, 0.15) is 164 Å². The summed E-state index contributed by atoms with van der Waals surface area (Å²) in [6.45, 7) is 13.1. The number of allylic oxidation sites excluding steroid dienone is 2. The number of aliphatic hydroxyl groups is 11. The molecule has 0 aromatic heterocycles. The lowest BCUT2D eigenvalue weighted by molar-refractivity contribution is -0.370. The molecule has 16 unspecified atom stereocenters. The standard InChI is InChI=1S/C63H103NO22/c1-32-17-24-63(37(26-32)36-18-22-62(61(36,7)27-43(63)70)23-19-41-59(5,35(62)4)21-20-42(69)60(41,6)31-67)58(78)86-57-53(85-56-51(77)49(75)52(34(3)81-56)84-55-50(76)47(73)38(68)30-80-55)48(74)45(39(28-65)82-57)64-44(71)16-14-12-10-8-9-11-13-15-25-79-54-33(2)46(72)40(29-66)83-54/h18,31-35,37-43,45-57,65-66,68-70,72-77H,8-17,19-30H2,1-7H3,(H,64,71)/t32-,33?,34-,35?,37?,38-,39-,40+,41-,42?,43-,45?,46?,47?,48?,49?,50?,51?,52?,53?,54-,55+,56+,57+,59?,60?,61-,62+,63?/m1/s1. The minimum atomic E-state index is -1.95. The third-order valence-electron chi connectivity index (χ3n) is 23.5. The molecule has 9 aliphatic rings. The number of esters is 1. The molecule has 23 heteroatoms. The smallest absolute Gasteiger partial charge is 0.317 e. The zero-order valence-electron chi connectivity index (χ0n) is 51.5. The van der Waals surface area contributed by atoms with Crippen molar-refractivity contribution >= 4 is 18.2 Å². The summed E-state index contributed by atoms with van der Waals surface area (Å²) in [5.74, 6) is -1.80. The van der Waals surface area contributed by atoms with Crippen LogP contribution in [0.2, 0.25) is 0 Å². The number of carbonyl (C=O) groups is 3. The minimum Gasteiger partial charge on any atom is -0.432 e. The quantitative estimate of drug-likeness (QED) is 0.0319. The molecule has 0 radical (unpaired) electrons. The first-order valence-electron chi connectivity index (χ1n) is 32.3. The largest absolute Gasteiger partial charge is 0.432 e. The summed E-state index contributed by atoms with van der Waals surface area (Å²) in [6.07, 6.45) is -9.91. The first-order valence-corrected chi connectivity index (χ1v) is 32.3. The Labute approximate surface area is 505 Å². The monoisotopic (exact) mass is 1230 g/mol. The lowest BCUT2D eigenvalue weighted by atomic mass is 9.36. The van der Waals surface area contributed by atoms with E-state index in [1.54, 1.807) is 0 Å². The van der Waals surface area contributed by atoms with Gasteiger partial charge < -0.3 is 104 Å². The molecule has 0 bridgehead atoms. The lowest BCUT2D eigenvalue weighted by Crippen LogP contribution is -2.69. The van der Waals surface area contributed by atoms with E-state index in [2.05, 4.69) is 39.1 Å². The number of nitrogens with one attached hydrogen (secondary N) is 1. The first kappa shape index (κ1) is 68.0. The summed E-state index contributed by atoms with van der Waals surface area (Å²) in [6, 6.07) is -1.36. The molecule has 8 fully saturated rings. The third kappa shape index (κ3) is 12.3. The number of ether oxygens (including phenoxy) is 8. The fourth-order valence-corrected chi connectivity index (χ4v) is 17.8. The van der Waals surface area contributed by atoms with Gasteiger partial charge in [-0.15, -0.1) is 0 Å². The fraction of sp³-hybridized carbons (Fsp3) is 0.921. The van der Waals surface area contributed by atoms with E-state index >= 15 is 4.79 Å². The highest BCUT2D eigenvalue weighted by molar-refractivity contribution is 5.80. The van der Waals surface area contributed by atoms with Gasteiger partial charge in [0.25, 0.3) is 0 Å². The van der Waals surface area contributed by atoms with Gasteiger partial charge in [0.1, 0.15) is 66.6 Å². The van der Waals surface area contributed by atoms with E-state index < -0.39 is 164 Å². The van der Waals surface area contributed by atoms with Gasteiger partial charge in [0.2, 0.25) is 12.2 Å². The van der Waals surface area contributed by atoms with Gasteiger partial charge in [-0.1, -0.05) is 91.7 Å². The van der Waals surface area contributed by atoms with Crippen LogP contribution in [0, 0.1) is 56.7 Å². The molecule has 23 nitrogen and oxygen atoms in total. The molecule has 492 valence electrons. The van der Waals surface area contributed by atoms with Crippen molar-refractivity contribution in [2.45, 2.75) is 281 Å². The number of hydrogen-bond acceptors (Lipinski definition) is 22. The molecule has 4 heterocycles. The molecule has 1 amide bonds. The van der Waals surface area contributed by atoms with Gasteiger partial charge in [0, 0.05) is 18.9 Å². The number of carbonyl (C=O) groups excluding carboxylic acids is 3. The van der Waals surface area contributed by atoms with Gasteiger partial charge in [0.15, 0.2) is 25.0 Å². The molecule has 9 rings (SSSR count). The predicted octanol–water partition coefficient (Wildman–Crippen LogP) is 1.93. The van der Waals surface area contributed by atoms with Gasteiger partial charge in [-0.25, -0.2) is 0 Å². The van der Waals surface area contributed by atoms with E-state index in [4.69, 9.17) is 37.9 Å². The Morgan fingerprint density at radius 3 is 2.01 bits per heavy atom. The van der Waals surface area contributed by atoms with Crippen molar-refractivity contribution in [2.75, 3.05) is 26.4 Å². The summed E-state index contributed by atoms with van der Waals surface area (Å²) in [5, 5.41) is 124. The Kier molecular flexibility index (Phi) is 21.7. The Morgan fingerprint density at radius 2 is 1.34 bits per heavy atom. The van der Waals surface area contributed by atoms with Gasteiger partial charge in [-0.3, -0.25) is 9.59 Å². The highest BCUT2D eigenvalue weighted by atomic mass is 16.8. The molecule has 0 aromatic rings. The van der Waals surface area contributed by atoms with Crippen LogP contribution < -0.4 is 5.32 Å². The van der Waals surface area contributed by atoms with Crippen LogP contribution in [0.15, 0.2) is 11.6 Å². The minimum absolute atomic E-state index is 0.0468. The summed E-state index contributed by atoms with van der Waals surface area (Å²) < 4.78 is 47.9. The highest BCUT2D eigenvalue weighted by Crippen LogP contribution is 2.76. The number of hydrogen-bond donors (Lipinski definition) is 12. The highest BCUT2D eigenvalue weighted by Gasteiger charge is 2.72. The zero-order chi connectivity index (χ0) is 62.4. The van der Waals surface area contributed by atoms with E-state index in [0.717, 1.165) is 76.1 Å². The molecular weight excluding hydrogens is 1120 g/mol. The Morgan fingerprint density at radius 1 is 0.686 bits per heavy atom. The van der Waals surface area contributed by atoms with Gasteiger partial charge >= 0.3 is 5.97 Å². The maximum Gasteiger partial charge on any atom is 0.317 e. The Balaban J connectivity index is 0.882. The zero-order valence-corrected chi connectivity index (χ0v) is 51.5. The summed E-state index contributed by atoms with van der Waals surface area (Å²) in [5.41, 5.74) is -2.50. The van der Waals surface area contributed by atoms with Crippen LogP contribution in [0.4, 0.5) is 0 Å². The maximum absolute atomic E-state index is 15.6. The van der Waals surface area contributed by atoms with E-state index in [9.17, 15) is 65.8 Å². The van der Waals surface area contributed by atoms with Gasteiger partial charge in [-0.05, 0) is 117 Å². The van der Waals surface area contributed by atoms with Crippen LogP contribution in [-0.4, -0.2) is 217 Å². The van der Waals surface area contributed by atoms with E-state index in [1.165, 1.54) is 6.92 Å². The van der Waals surface area contributed by atoms with E-state index in [0.29, 0.717) is 38.7 Å². The second kappa shape index (κ2) is 27.4. The van der Waals surface area contributed by atoms with Crippen molar-refractivity contribution in [3.8, 4) is 0 Å². The van der Waals surface area contributed by atoms with Crippen LogP contribution in [0.5, 0.6) is 0 Å². The molecule has 0 aromatic carbocycles. The summed E-state index contributed by atoms with van der Waals surface area (Å²) in [7, 11) is 0. The molecule has 29 atom stereocenters. The van der Waals surface area contributed by atoms with Crippen molar-refractivity contribution in [2.24, 2.45) is 56.7 Å². The van der Waals surface area contributed by atoms with Crippen LogP contribution in [0.3, 0.4) is 0 Å². The van der Waals surface area contributed by atoms with Crippen LogP contribution in [0.25, 0.3) is 0 Å². The summed E-state index contributed by atoms with van der Waals surface area (Å²) >= 11 is 0. The number of fused-ring (bicyclic) bond motifs is 5. The molecule has 4 aliphatic heterocycles. The molecule has 1 spiro atoms. The van der Waals surface area contributed by atoms with Crippen LogP contribution >= 0.6 is 0 Å². The van der Waals surface area contributed by atoms with Crippen molar-refractivity contribution in [1.82, 2.24) is 5.32 Å². The average Bonchev–Trinajstić information content (AvgIpc) is 1.35. The maximum atomic E-state index is 15.6. The molecule has 4 saturated heterocycles. The number of amides is 1. The Hall–Kier alpha value is -2.37. The van der Waals surface area contributed by atoms with Crippen LogP contribution in [-0.2, 0) is 52.3 Å². The molecule has 5 aliphatic carbocycles. The number of unbranched alkanes of at least 4 members (excludes halogenated alkanes) is 7. The molecule has 4 saturated carbocycles. The van der Waals surface area contributed by atoms with Gasteiger partial charge in [-0.2, -0.15) is 0 Å². The van der Waals surface area contributed by atoms with Gasteiger partial charge in [0.05, 0.1) is 55.7 Å². The SMILES string of the molecule is CC1C(O)[C@H](CO)O[C@H]1OCCCCCCCCCCC(=O)NC1C(O)C(O[C@@H]2O[C@H](C)C(O[C@@H]3OC[C@@H](O)C(O)C3O)C(O)C2O)[C@H](OC(=O)C23CC[C@@H](C)CC2C2=CC[C@@]4(CC[C@H]5C(C)(C=O)C(O)CCC5(C)C4C)[C@]2(C)C[C@H]3O)O[C@@H]1CO. The molecule has 12 N–H and O–H groups in total. The fourth-order valence-electron chi connectivity index (χ4n) is 17.8. The van der Waals surface area contributed by atoms with E-state index in [1.807, 2.05) is 13.8 Å². The molecule has 86 heavy (non-hydrogen) atoms. The second-order valence-electron chi connectivity index (χ2n) is 28.3. The lowest BCUT2D eigenvalue weighted by Gasteiger charge is -2.68. The summed E-state index contributed by atoms with van der Waals surface area (Å²) in [4.78, 5) is 42.2. The van der Waals surface area contributed by atoms with E-state index in [-0.39, 0.29) is 60.4 Å². The average molecular weight is 1230 g/mol. The first-order chi connectivity index (χ1) is 40.8. The predicted molar refractivity (Wildman–Crippen MR) is 304 cm³/mol. The normalized spacial score (nSPS) is 49.3. The Bertz CT molecular complexity index is 2340. The number of aldehydes is 1. The molecular formula is C63H103NO22. The topological polar surface area (TPSA) is 360 Å². The van der Waals surface area contributed by atoms with Crippen molar-refractivity contribution in [3.05, 3.63) is 11.6 Å². The van der Waals surface area contributed by atoms with Crippen molar-refractivity contribution < 1.29 is 108 Å². The third-order valence-corrected chi connectivity index (χ3v) is 23.5. The second-order valence-corrected chi connectivity index (χ2v) is 28.3. The van der Waals surface area contributed by atoms with Crippen molar-refractivity contribution in [3.63, 3.8) is 0 Å².